The van der Waals surface area contributed by atoms with Gasteiger partial charge in [0.1, 0.15) is 0 Å². The van der Waals surface area contributed by atoms with Crippen LogP contribution in [0.25, 0.3) is 0 Å². The van der Waals surface area contributed by atoms with Gasteiger partial charge < -0.3 is 9.84 Å². The molecule has 0 aliphatic carbocycles. The van der Waals surface area contributed by atoms with Gasteiger partial charge in [0.15, 0.2) is 5.82 Å². The molecule has 0 bridgehead atoms. The first-order valence-corrected chi connectivity index (χ1v) is 5.28. The Kier molecular flexibility index (Phi) is 2.54. The Morgan fingerprint density at radius 3 is 2.71 bits per heavy atom. The fourth-order valence-electron chi connectivity index (χ4n) is 1.84. The second-order valence-corrected chi connectivity index (χ2v) is 4.18. The third-order valence-corrected chi connectivity index (χ3v) is 3.01. The highest BCUT2D eigenvalue weighted by Crippen LogP contribution is 2.31. The van der Waals surface area contributed by atoms with E-state index >= 15 is 0 Å². The first-order valence-electron chi connectivity index (χ1n) is 5.28. The topological polar surface area (TPSA) is 51.0 Å². The molecule has 1 N–H and O–H groups in total. The van der Waals surface area contributed by atoms with Crippen molar-refractivity contribution in [2.24, 2.45) is 0 Å². The normalized spacial score (nSPS) is 21.0. The minimum absolute atomic E-state index is 0.0890. The number of aromatic nitrogens is 2. The lowest BCUT2D eigenvalue weighted by Crippen LogP contribution is -2.37. The Morgan fingerprint density at radius 2 is 2.14 bits per heavy atom. The van der Waals surface area contributed by atoms with Gasteiger partial charge in [0, 0.05) is 11.8 Å². The highest BCUT2D eigenvalue weighted by Gasteiger charge is 2.34. The van der Waals surface area contributed by atoms with E-state index in [9.17, 15) is 0 Å². The van der Waals surface area contributed by atoms with Crippen molar-refractivity contribution in [3.8, 4) is 0 Å². The summed E-state index contributed by atoms with van der Waals surface area (Å²) < 4.78 is 5.31. The molecule has 0 atom stereocenters. The van der Waals surface area contributed by atoms with Gasteiger partial charge in [0.25, 0.3) is 0 Å². The van der Waals surface area contributed by atoms with Crippen LogP contribution < -0.4 is 5.32 Å². The molecule has 0 aromatic carbocycles. The Labute approximate surface area is 84.1 Å². The predicted molar refractivity (Wildman–Crippen MR) is 53.1 cm³/mol. The highest BCUT2D eigenvalue weighted by atomic mass is 16.5. The molecule has 0 amide bonds. The quantitative estimate of drug-likeness (QED) is 0.772. The van der Waals surface area contributed by atoms with Crippen molar-refractivity contribution >= 4 is 0 Å². The summed E-state index contributed by atoms with van der Waals surface area (Å²) in [4.78, 5) is 4.42. The molecule has 4 nitrogen and oxygen atoms in total. The van der Waals surface area contributed by atoms with E-state index in [0.717, 1.165) is 44.1 Å². The monoisotopic (exact) mass is 195 g/mol. The maximum atomic E-state index is 5.31. The van der Waals surface area contributed by atoms with Crippen LogP contribution >= 0.6 is 0 Å². The molecule has 0 spiro atoms. The Morgan fingerprint density at radius 1 is 1.43 bits per heavy atom. The van der Waals surface area contributed by atoms with E-state index in [1.165, 1.54) is 0 Å². The summed E-state index contributed by atoms with van der Waals surface area (Å²) in [5.74, 6) is 1.63. The maximum absolute atomic E-state index is 5.31. The van der Waals surface area contributed by atoms with E-state index in [1.54, 1.807) is 0 Å². The van der Waals surface area contributed by atoms with Gasteiger partial charge in [-0.15, -0.1) is 0 Å². The smallest absolute Gasteiger partial charge is 0.232 e. The average Bonchev–Trinajstić information content (AvgIpc) is 2.67. The number of nitrogens with one attached hydrogen (secondary N) is 1. The van der Waals surface area contributed by atoms with Gasteiger partial charge in [-0.3, -0.25) is 0 Å². The third-order valence-electron chi connectivity index (χ3n) is 3.01. The molecule has 78 valence electrons. The van der Waals surface area contributed by atoms with Crippen LogP contribution in [0.3, 0.4) is 0 Å². The molecule has 0 unspecified atom stereocenters. The lowest BCUT2D eigenvalue weighted by molar-refractivity contribution is 0.240. The summed E-state index contributed by atoms with van der Waals surface area (Å²) >= 11 is 0. The third kappa shape index (κ3) is 1.66. The summed E-state index contributed by atoms with van der Waals surface area (Å²) in [6.07, 6.45) is 3.01. The summed E-state index contributed by atoms with van der Waals surface area (Å²) in [5, 5.41) is 7.29. The molecule has 2 rings (SSSR count). The van der Waals surface area contributed by atoms with Crippen LogP contribution in [-0.2, 0) is 11.8 Å². The molecule has 1 fully saturated rings. The average molecular weight is 195 g/mol. The molecule has 0 saturated carbocycles. The zero-order valence-electron chi connectivity index (χ0n) is 8.84. The van der Waals surface area contributed by atoms with Gasteiger partial charge in [-0.05, 0) is 25.9 Å². The van der Waals surface area contributed by atoms with Gasteiger partial charge in [-0.2, -0.15) is 4.98 Å². The van der Waals surface area contributed by atoms with Crippen molar-refractivity contribution in [2.45, 2.75) is 38.5 Å². The van der Waals surface area contributed by atoms with Crippen LogP contribution in [0.5, 0.6) is 0 Å². The lowest BCUT2D eigenvalue weighted by Gasteiger charge is -2.30. The fraction of sp³-hybridized carbons (Fsp3) is 0.800. The molecule has 1 aromatic heterocycles. The van der Waals surface area contributed by atoms with E-state index in [-0.39, 0.29) is 5.41 Å². The molecular weight excluding hydrogens is 178 g/mol. The Bertz CT molecular complexity index is 302. The van der Waals surface area contributed by atoms with E-state index in [2.05, 4.69) is 22.4 Å². The van der Waals surface area contributed by atoms with Crippen molar-refractivity contribution < 1.29 is 4.52 Å². The Balaban J connectivity index is 2.19. The highest BCUT2D eigenvalue weighted by molar-refractivity contribution is 5.05. The van der Waals surface area contributed by atoms with Crippen LogP contribution in [-0.4, -0.2) is 23.2 Å². The van der Waals surface area contributed by atoms with E-state index in [1.807, 2.05) is 6.92 Å². The van der Waals surface area contributed by atoms with Crippen LogP contribution in [0.2, 0.25) is 0 Å². The second-order valence-electron chi connectivity index (χ2n) is 4.18. The van der Waals surface area contributed by atoms with Crippen LogP contribution in [0.1, 0.15) is 38.4 Å². The van der Waals surface area contributed by atoms with Gasteiger partial charge in [0.05, 0.1) is 0 Å². The van der Waals surface area contributed by atoms with Gasteiger partial charge in [0.2, 0.25) is 5.89 Å². The number of nitrogens with zero attached hydrogens (tertiary/aromatic N) is 2. The Hall–Kier alpha value is -0.900. The van der Waals surface area contributed by atoms with E-state index in [4.69, 9.17) is 4.52 Å². The number of piperidine rings is 1. The maximum Gasteiger partial charge on any atom is 0.232 e. The molecule has 1 saturated heterocycles. The van der Waals surface area contributed by atoms with Crippen LogP contribution in [0.15, 0.2) is 4.52 Å². The predicted octanol–water partition coefficient (Wildman–Crippen LogP) is 1.27. The number of hydrogen-bond acceptors (Lipinski definition) is 4. The van der Waals surface area contributed by atoms with Crippen molar-refractivity contribution in [1.82, 2.24) is 15.5 Å². The van der Waals surface area contributed by atoms with Crippen molar-refractivity contribution in [1.29, 1.82) is 0 Å². The minimum atomic E-state index is 0.0890. The van der Waals surface area contributed by atoms with Gasteiger partial charge in [-0.1, -0.05) is 19.0 Å². The zero-order valence-corrected chi connectivity index (χ0v) is 8.84. The SMILES string of the molecule is CCc1noc(C2(C)CCNCC2)n1. The van der Waals surface area contributed by atoms with Gasteiger partial charge >= 0.3 is 0 Å². The summed E-state index contributed by atoms with van der Waals surface area (Å²) in [6, 6.07) is 0. The molecule has 14 heavy (non-hydrogen) atoms. The van der Waals surface area contributed by atoms with Crippen molar-refractivity contribution in [2.75, 3.05) is 13.1 Å². The largest absolute Gasteiger partial charge is 0.339 e. The molecule has 0 radical (unpaired) electrons. The minimum Gasteiger partial charge on any atom is -0.339 e. The van der Waals surface area contributed by atoms with Crippen LogP contribution in [0.4, 0.5) is 0 Å². The molecule has 2 heterocycles. The second kappa shape index (κ2) is 3.69. The van der Waals surface area contributed by atoms with Crippen LogP contribution in [0, 0.1) is 0 Å². The first kappa shape index (κ1) is 9.65. The standard InChI is InChI=1S/C10H17N3O/c1-3-8-12-9(14-13-8)10(2)4-6-11-7-5-10/h11H,3-7H2,1-2H3. The molecule has 4 heteroatoms. The molecule has 1 aliphatic heterocycles. The fourth-order valence-corrected chi connectivity index (χ4v) is 1.84. The number of rotatable bonds is 2. The summed E-state index contributed by atoms with van der Waals surface area (Å²) in [7, 11) is 0. The molecular formula is C10H17N3O. The summed E-state index contributed by atoms with van der Waals surface area (Å²) in [6.45, 7) is 6.33. The van der Waals surface area contributed by atoms with Gasteiger partial charge in [-0.25, -0.2) is 0 Å². The zero-order chi connectivity index (χ0) is 10.0. The summed E-state index contributed by atoms with van der Waals surface area (Å²) in [5.41, 5.74) is 0.0890. The van der Waals surface area contributed by atoms with E-state index < -0.39 is 0 Å². The lowest BCUT2D eigenvalue weighted by atomic mass is 9.81. The molecule has 1 aliphatic rings. The first-order chi connectivity index (χ1) is 6.74. The number of aryl methyl sites for hydroxylation is 1. The number of hydrogen-bond donors (Lipinski definition) is 1. The van der Waals surface area contributed by atoms with Crippen molar-refractivity contribution in [3.63, 3.8) is 0 Å². The van der Waals surface area contributed by atoms with E-state index in [0.29, 0.717) is 0 Å². The van der Waals surface area contributed by atoms with Crippen molar-refractivity contribution in [3.05, 3.63) is 11.7 Å². The molecule has 1 aromatic rings.